The summed E-state index contributed by atoms with van der Waals surface area (Å²) in [4.78, 5) is 1.40. The summed E-state index contributed by atoms with van der Waals surface area (Å²) in [6, 6.07) is 4.26. The van der Waals surface area contributed by atoms with Crippen LogP contribution < -0.4 is 5.32 Å². The summed E-state index contributed by atoms with van der Waals surface area (Å²) in [5.74, 6) is 0. The lowest BCUT2D eigenvalue weighted by atomic mass is 9.67. The molecule has 0 atom stereocenters. The maximum absolute atomic E-state index is 9.02. The highest BCUT2D eigenvalue weighted by atomic mass is 32.1. The SMILES string of the molecule is OCCC1(CNCc2cccs2)CCC1. The van der Waals surface area contributed by atoms with Crippen molar-refractivity contribution < 1.29 is 5.11 Å². The minimum atomic E-state index is 0.334. The van der Waals surface area contributed by atoms with E-state index in [0.717, 1.165) is 19.5 Å². The molecule has 0 unspecified atom stereocenters. The van der Waals surface area contributed by atoms with Crippen molar-refractivity contribution in [1.29, 1.82) is 0 Å². The summed E-state index contributed by atoms with van der Waals surface area (Å²) in [5.41, 5.74) is 0.409. The molecule has 0 amide bonds. The topological polar surface area (TPSA) is 32.3 Å². The lowest BCUT2D eigenvalue weighted by Gasteiger charge is -2.42. The van der Waals surface area contributed by atoms with E-state index in [0.29, 0.717) is 12.0 Å². The molecule has 2 rings (SSSR count). The first-order chi connectivity index (χ1) is 7.35. The second-order valence-electron chi connectivity index (χ2n) is 4.51. The van der Waals surface area contributed by atoms with Crippen LogP contribution >= 0.6 is 11.3 Å². The largest absolute Gasteiger partial charge is 0.396 e. The third kappa shape index (κ3) is 2.80. The van der Waals surface area contributed by atoms with Gasteiger partial charge in [0.1, 0.15) is 0 Å². The highest BCUT2D eigenvalue weighted by Crippen LogP contribution is 2.43. The van der Waals surface area contributed by atoms with Crippen LogP contribution in [0.1, 0.15) is 30.6 Å². The average Bonchev–Trinajstić information content (AvgIpc) is 2.67. The number of rotatable bonds is 6. The highest BCUT2D eigenvalue weighted by molar-refractivity contribution is 7.09. The van der Waals surface area contributed by atoms with Crippen LogP contribution in [0.3, 0.4) is 0 Å². The number of hydrogen-bond donors (Lipinski definition) is 2. The van der Waals surface area contributed by atoms with Crippen LogP contribution in [-0.4, -0.2) is 18.3 Å². The van der Waals surface area contributed by atoms with E-state index in [1.807, 2.05) is 0 Å². The molecule has 1 heterocycles. The second-order valence-corrected chi connectivity index (χ2v) is 5.54. The summed E-state index contributed by atoms with van der Waals surface area (Å²) in [6.07, 6.45) is 4.86. The molecular weight excluding hydrogens is 206 g/mol. The summed E-state index contributed by atoms with van der Waals surface area (Å²) >= 11 is 1.80. The first-order valence-corrected chi connectivity index (χ1v) is 6.57. The smallest absolute Gasteiger partial charge is 0.0436 e. The molecule has 1 aromatic rings. The lowest BCUT2D eigenvalue weighted by molar-refractivity contribution is 0.0860. The van der Waals surface area contributed by atoms with Gasteiger partial charge < -0.3 is 10.4 Å². The zero-order chi connectivity index (χ0) is 10.6. The standard InChI is InChI=1S/C12H19NOS/c14-7-6-12(4-2-5-12)10-13-9-11-3-1-8-15-11/h1,3,8,13-14H,2,4-7,9-10H2. The molecule has 0 saturated heterocycles. The predicted octanol–water partition coefficient (Wildman–Crippen LogP) is 2.39. The summed E-state index contributed by atoms with van der Waals surface area (Å²) in [7, 11) is 0. The minimum absolute atomic E-state index is 0.334. The van der Waals surface area contributed by atoms with Crippen molar-refractivity contribution in [2.24, 2.45) is 5.41 Å². The van der Waals surface area contributed by atoms with Gasteiger partial charge in [-0.05, 0) is 36.1 Å². The molecule has 84 valence electrons. The van der Waals surface area contributed by atoms with Gasteiger partial charge in [-0.1, -0.05) is 12.5 Å². The third-order valence-corrected chi connectivity index (χ3v) is 4.31. The van der Waals surface area contributed by atoms with Gasteiger partial charge in [-0.15, -0.1) is 11.3 Å². The van der Waals surface area contributed by atoms with Gasteiger partial charge in [-0.25, -0.2) is 0 Å². The third-order valence-electron chi connectivity index (χ3n) is 3.44. The van der Waals surface area contributed by atoms with Gasteiger partial charge in [-0.3, -0.25) is 0 Å². The molecule has 0 radical (unpaired) electrons. The second kappa shape index (κ2) is 5.10. The van der Waals surface area contributed by atoms with Gasteiger partial charge >= 0.3 is 0 Å². The summed E-state index contributed by atoms with van der Waals surface area (Å²) in [5, 5.41) is 14.7. The Kier molecular flexibility index (Phi) is 3.78. The van der Waals surface area contributed by atoms with Gasteiger partial charge in [0.05, 0.1) is 0 Å². The molecule has 1 fully saturated rings. The van der Waals surface area contributed by atoms with Gasteiger partial charge in [-0.2, -0.15) is 0 Å². The van der Waals surface area contributed by atoms with Crippen LogP contribution in [-0.2, 0) is 6.54 Å². The zero-order valence-corrected chi connectivity index (χ0v) is 9.85. The average molecular weight is 225 g/mol. The molecule has 1 aromatic heterocycles. The molecule has 3 heteroatoms. The van der Waals surface area contributed by atoms with Crippen molar-refractivity contribution in [3.05, 3.63) is 22.4 Å². The van der Waals surface area contributed by atoms with E-state index in [1.165, 1.54) is 24.1 Å². The highest BCUT2D eigenvalue weighted by Gasteiger charge is 2.35. The predicted molar refractivity (Wildman–Crippen MR) is 64.0 cm³/mol. The van der Waals surface area contributed by atoms with Crippen LogP contribution in [0.15, 0.2) is 17.5 Å². The molecule has 0 aromatic carbocycles. The number of aliphatic hydroxyl groups is 1. The van der Waals surface area contributed by atoms with Crippen molar-refractivity contribution in [2.45, 2.75) is 32.2 Å². The molecule has 0 aliphatic heterocycles. The molecule has 1 aliphatic rings. The Hall–Kier alpha value is -0.380. The van der Waals surface area contributed by atoms with E-state index >= 15 is 0 Å². The monoisotopic (exact) mass is 225 g/mol. The van der Waals surface area contributed by atoms with Crippen molar-refractivity contribution in [1.82, 2.24) is 5.32 Å². The van der Waals surface area contributed by atoms with Crippen LogP contribution in [0.25, 0.3) is 0 Å². The van der Waals surface area contributed by atoms with E-state index in [4.69, 9.17) is 5.11 Å². The quantitative estimate of drug-likeness (QED) is 0.779. The van der Waals surface area contributed by atoms with Crippen molar-refractivity contribution in [3.63, 3.8) is 0 Å². The van der Waals surface area contributed by atoms with Crippen LogP contribution in [0, 0.1) is 5.41 Å². The van der Waals surface area contributed by atoms with E-state index < -0.39 is 0 Å². The van der Waals surface area contributed by atoms with Gasteiger partial charge in [0.15, 0.2) is 0 Å². The van der Waals surface area contributed by atoms with Crippen molar-refractivity contribution in [2.75, 3.05) is 13.2 Å². The lowest BCUT2D eigenvalue weighted by Crippen LogP contribution is -2.40. The summed E-state index contributed by atoms with van der Waals surface area (Å²) < 4.78 is 0. The van der Waals surface area contributed by atoms with Gasteiger partial charge in [0.2, 0.25) is 0 Å². The van der Waals surface area contributed by atoms with E-state index in [-0.39, 0.29) is 0 Å². The molecule has 1 saturated carbocycles. The minimum Gasteiger partial charge on any atom is -0.396 e. The molecular formula is C12H19NOS. The number of aliphatic hydroxyl groups excluding tert-OH is 1. The Labute approximate surface area is 95.3 Å². The molecule has 0 bridgehead atoms. The fourth-order valence-corrected chi connectivity index (χ4v) is 2.97. The summed E-state index contributed by atoms with van der Waals surface area (Å²) in [6.45, 7) is 2.37. The van der Waals surface area contributed by atoms with E-state index in [1.54, 1.807) is 11.3 Å². The Morgan fingerprint density at radius 2 is 2.33 bits per heavy atom. The Balaban J connectivity index is 1.72. The van der Waals surface area contributed by atoms with Crippen LogP contribution in [0.4, 0.5) is 0 Å². The van der Waals surface area contributed by atoms with E-state index in [2.05, 4.69) is 22.8 Å². The van der Waals surface area contributed by atoms with Crippen LogP contribution in [0.5, 0.6) is 0 Å². The Bertz CT molecular complexity index is 280. The Morgan fingerprint density at radius 1 is 1.47 bits per heavy atom. The van der Waals surface area contributed by atoms with Crippen LogP contribution in [0.2, 0.25) is 0 Å². The fourth-order valence-electron chi connectivity index (χ4n) is 2.29. The maximum Gasteiger partial charge on any atom is 0.0436 e. The Morgan fingerprint density at radius 3 is 2.87 bits per heavy atom. The molecule has 0 spiro atoms. The number of hydrogen-bond acceptors (Lipinski definition) is 3. The van der Waals surface area contributed by atoms with Crippen molar-refractivity contribution in [3.8, 4) is 0 Å². The zero-order valence-electron chi connectivity index (χ0n) is 9.04. The number of nitrogens with one attached hydrogen (secondary N) is 1. The first-order valence-electron chi connectivity index (χ1n) is 5.69. The molecule has 15 heavy (non-hydrogen) atoms. The van der Waals surface area contributed by atoms with E-state index in [9.17, 15) is 0 Å². The molecule has 2 N–H and O–H groups in total. The van der Waals surface area contributed by atoms with Crippen molar-refractivity contribution >= 4 is 11.3 Å². The van der Waals surface area contributed by atoms with Gasteiger partial charge in [0.25, 0.3) is 0 Å². The fraction of sp³-hybridized carbons (Fsp3) is 0.667. The van der Waals surface area contributed by atoms with Gasteiger partial charge in [0, 0.05) is 24.6 Å². The molecule has 2 nitrogen and oxygen atoms in total. The maximum atomic E-state index is 9.02. The normalized spacial score (nSPS) is 18.7. The number of thiophene rings is 1. The molecule has 1 aliphatic carbocycles. The first kappa shape index (κ1) is 11.1.